The van der Waals surface area contributed by atoms with Crippen molar-refractivity contribution in [3.05, 3.63) is 29.3 Å². The first-order valence-electron chi connectivity index (χ1n) is 4.62. The van der Waals surface area contributed by atoms with Gasteiger partial charge in [-0.05, 0) is 18.1 Å². The van der Waals surface area contributed by atoms with Crippen LogP contribution >= 0.6 is 0 Å². The average Bonchev–Trinajstić information content (AvgIpc) is 2.17. The smallest absolute Gasteiger partial charge is 0.250 e. The summed E-state index contributed by atoms with van der Waals surface area (Å²) in [7, 11) is 0. The molecule has 5 N–H and O–H groups in total. The van der Waals surface area contributed by atoms with Gasteiger partial charge in [0.25, 0.3) is 5.91 Å². The Labute approximate surface area is 82.3 Å². The molecule has 1 heterocycles. The van der Waals surface area contributed by atoms with Gasteiger partial charge in [-0.2, -0.15) is 0 Å². The van der Waals surface area contributed by atoms with Crippen molar-refractivity contribution in [3.8, 4) is 0 Å². The molecule has 0 radical (unpaired) electrons. The molecular weight excluding hydrogens is 178 g/mol. The van der Waals surface area contributed by atoms with Gasteiger partial charge in [0.1, 0.15) is 0 Å². The van der Waals surface area contributed by atoms with Crippen LogP contribution in [0.5, 0.6) is 0 Å². The molecule has 0 saturated carbocycles. The highest BCUT2D eigenvalue weighted by Gasteiger charge is 2.20. The summed E-state index contributed by atoms with van der Waals surface area (Å²) < 4.78 is 0. The number of anilines is 1. The van der Waals surface area contributed by atoms with Gasteiger partial charge in [0.15, 0.2) is 0 Å². The number of nitrogens with two attached hydrogens (primary N) is 2. The van der Waals surface area contributed by atoms with Crippen LogP contribution in [-0.4, -0.2) is 12.5 Å². The fourth-order valence-electron chi connectivity index (χ4n) is 1.79. The van der Waals surface area contributed by atoms with Gasteiger partial charge in [-0.15, -0.1) is 0 Å². The third kappa shape index (κ3) is 1.33. The SMILES string of the molecule is NC(=O)c1cccc2c1NCC[C@@H]2N. The second-order valence-electron chi connectivity index (χ2n) is 3.46. The number of primary amides is 1. The molecule has 0 aliphatic carbocycles. The van der Waals surface area contributed by atoms with Gasteiger partial charge in [-0.25, -0.2) is 0 Å². The highest BCUT2D eigenvalue weighted by molar-refractivity contribution is 5.99. The first-order chi connectivity index (χ1) is 6.70. The zero-order chi connectivity index (χ0) is 10.1. The quantitative estimate of drug-likeness (QED) is 0.608. The van der Waals surface area contributed by atoms with Crippen molar-refractivity contribution >= 4 is 11.6 Å². The minimum atomic E-state index is -0.413. The van der Waals surface area contributed by atoms with E-state index in [9.17, 15) is 4.79 Å². The lowest BCUT2D eigenvalue weighted by atomic mass is 9.95. The van der Waals surface area contributed by atoms with Crippen LogP contribution < -0.4 is 16.8 Å². The van der Waals surface area contributed by atoms with Gasteiger partial charge < -0.3 is 16.8 Å². The van der Waals surface area contributed by atoms with Crippen molar-refractivity contribution in [1.82, 2.24) is 0 Å². The Kier molecular flexibility index (Phi) is 2.13. The Morgan fingerprint density at radius 2 is 2.29 bits per heavy atom. The van der Waals surface area contributed by atoms with E-state index in [0.29, 0.717) is 5.56 Å². The minimum Gasteiger partial charge on any atom is -0.384 e. The number of rotatable bonds is 1. The van der Waals surface area contributed by atoms with E-state index >= 15 is 0 Å². The summed E-state index contributed by atoms with van der Waals surface area (Å²) in [6.45, 7) is 0.790. The predicted molar refractivity (Wildman–Crippen MR) is 55.0 cm³/mol. The summed E-state index contributed by atoms with van der Waals surface area (Å²) in [5, 5.41) is 3.16. The van der Waals surface area contributed by atoms with Gasteiger partial charge in [0.05, 0.1) is 11.3 Å². The second-order valence-corrected chi connectivity index (χ2v) is 3.46. The van der Waals surface area contributed by atoms with E-state index in [0.717, 1.165) is 24.2 Å². The Balaban J connectivity index is 2.55. The number of hydrogen-bond acceptors (Lipinski definition) is 3. The number of hydrogen-bond donors (Lipinski definition) is 3. The molecule has 1 aliphatic heterocycles. The molecule has 4 nitrogen and oxygen atoms in total. The third-order valence-electron chi connectivity index (χ3n) is 2.52. The molecule has 0 aromatic heterocycles. The van der Waals surface area contributed by atoms with Crippen molar-refractivity contribution in [2.75, 3.05) is 11.9 Å². The van der Waals surface area contributed by atoms with Crippen molar-refractivity contribution < 1.29 is 4.79 Å². The highest BCUT2D eigenvalue weighted by Crippen LogP contribution is 2.30. The van der Waals surface area contributed by atoms with Crippen LogP contribution in [0, 0.1) is 0 Å². The molecule has 1 aliphatic rings. The fraction of sp³-hybridized carbons (Fsp3) is 0.300. The van der Waals surface area contributed by atoms with Crippen molar-refractivity contribution in [1.29, 1.82) is 0 Å². The topological polar surface area (TPSA) is 81.1 Å². The van der Waals surface area contributed by atoms with Crippen LogP contribution in [0.1, 0.15) is 28.4 Å². The lowest BCUT2D eigenvalue weighted by molar-refractivity contribution is 0.100. The van der Waals surface area contributed by atoms with E-state index in [1.165, 1.54) is 0 Å². The number of para-hydroxylation sites is 1. The van der Waals surface area contributed by atoms with Crippen molar-refractivity contribution in [2.24, 2.45) is 11.5 Å². The average molecular weight is 191 g/mol. The molecular formula is C10H13N3O. The van der Waals surface area contributed by atoms with Gasteiger partial charge in [0.2, 0.25) is 0 Å². The molecule has 1 aromatic rings. The molecule has 0 unspecified atom stereocenters. The Hall–Kier alpha value is -1.55. The Bertz CT molecular complexity index is 376. The zero-order valence-corrected chi connectivity index (χ0v) is 7.79. The summed E-state index contributed by atoms with van der Waals surface area (Å²) in [6, 6.07) is 5.46. The van der Waals surface area contributed by atoms with Crippen LogP contribution in [0.4, 0.5) is 5.69 Å². The molecule has 74 valence electrons. The van der Waals surface area contributed by atoms with Crippen molar-refractivity contribution in [2.45, 2.75) is 12.5 Å². The maximum atomic E-state index is 11.1. The third-order valence-corrected chi connectivity index (χ3v) is 2.52. The van der Waals surface area contributed by atoms with Crippen LogP contribution in [0.15, 0.2) is 18.2 Å². The fourth-order valence-corrected chi connectivity index (χ4v) is 1.79. The summed E-state index contributed by atoms with van der Waals surface area (Å²) in [6.07, 6.45) is 0.884. The molecule has 14 heavy (non-hydrogen) atoms. The summed E-state index contributed by atoms with van der Waals surface area (Å²) >= 11 is 0. The molecule has 0 spiro atoms. The van der Waals surface area contributed by atoms with Crippen LogP contribution in [0.25, 0.3) is 0 Å². The summed E-state index contributed by atoms with van der Waals surface area (Å²) in [5.74, 6) is -0.413. The number of fused-ring (bicyclic) bond motifs is 1. The standard InChI is InChI=1S/C10H13N3O/c11-8-4-5-13-9-6(8)2-1-3-7(9)10(12)14/h1-3,8,13H,4-5,11H2,(H2,12,14)/t8-/m0/s1. The lowest BCUT2D eigenvalue weighted by Crippen LogP contribution is -2.25. The van der Waals surface area contributed by atoms with E-state index in [4.69, 9.17) is 11.5 Å². The number of amides is 1. The molecule has 0 bridgehead atoms. The largest absolute Gasteiger partial charge is 0.384 e. The van der Waals surface area contributed by atoms with Crippen molar-refractivity contribution in [3.63, 3.8) is 0 Å². The number of benzene rings is 1. The minimum absolute atomic E-state index is 0.00514. The lowest BCUT2D eigenvalue weighted by Gasteiger charge is -2.25. The number of carbonyl (C=O) groups excluding carboxylic acids is 1. The molecule has 0 saturated heterocycles. The van der Waals surface area contributed by atoms with E-state index in [-0.39, 0.29) is 6.04 Å². The van der Waals surface area contributed by atoms with E-state index in [1.807, 2.05) is 12.1 Å². The van der Waals surface area contributed by atoms with E-state index < -0.39 is 5.91 Å². The van der Waals surface area contributed by atoms with Gasteiger partial charge in [-0.3, -0.25) is 4.79 Å². The summed E-state index contributed by atoms with van der Waals surface area (Å²) in [5.41, 5.74) is 13.5. The molecule has 0 fully saturated rings. The predicted octanol–water partition coefficient (Wildman–Crippen LogP) is 0.601. The molecule has 1 amide bonds. The van der Waals surface area contributed by atoms with Crippen LogP contribution in [-0.2, 0) is 0 Å². The van der Waals surface area contributed by atoms with Crippen LogP contribution in [0.2, 0.25) is 0 Å². The number of nitrogens with one attached hydrogen (secondary N) is 1. The molecule has 4 heteroatoms. The maximum absolute atomic E-state index is 11.1. The van der Waals surface area contributed by atoms with E-state index in [2.05, 4.69) is 5.32 Å². The Morgan fingerprint density at radius 3 is 3.00 bits per heavy atom. The first-order valence-corrected chi connectivity index (χ1v) is 4.62. The second kappa shape index (κ2) is 3.31. The van der Waals surface area contributed by atoms with Crippen LogP contribution in [0.3, 0.4) is 0 Å². The normalized spacial score (nSPS) is 19.6. The monoisotopic (exact) mass is 191 g/mol. The first kappa shape index (κ1) is 9.02. The molecule has 1 atom stereocenters. The zero-order valence-electron chi connectivity index (χ0n) is 7.79. The Morgan fingerprint density at radius 1 is 1.50 bits per heavy atom. The molecule has 1 aromatic carbocycles. The summed E-state index contributed by atoms with van der Waals surface area (Å²) in [4.78, 5) is 11.1. The van der Waals surface area contributed by atoms with Gasteiger partial charge >= 0.3 is 0 Å². The maximum Gasteiger partial charge on any atom is 0.250 e. The number of carbonyl (C=O) groups is 1. The van der Waals surface area contributed by atoms with E-state index in [1.54, 1.807) is 6.07 Å². The van der Waals surface area contributed by atoms with Gasteiger partial charge in [0, 0.05) is 12.6 Å². The van der Waals surface area contributed by atoms with Gasteiger partial charge in [-0.1, -0.05) is 12.1 Å². The highest BCUT2D eigenvalue weighted by atomic mass is 16.1. The molecule has 2 rings (SSSR count).